The molecule has 0 radical (unpaired) electrons. The zero-order valence-electron chi connectivity index (χ0n) is 8.26. The molecule has 82 valence electrons. The number of rotatable bonds is 3. The third-order valence-corrected chi connectivity index (χ3v) is 2.84. The maximum absolute atomic E-state index is 12.9. The van der Waals surface area contributed by atoms with E-state index in [2.05, 4.69) is 5.32 Å². The Hall–Kier alpha value is -0.690. The highest BCUT2D eigenvalue weighted by Gasteiger charge is 2.12. The first kappa shape index (κ1) is 12.4. The Labute approximate surface area is 101 Å². The third-order valence-electron chi connectivity index (χ3n) is 1.90. The summed E-state index contributed by atoms with van der Waals surface area (Å²) >= 11 is 1.99. The molecule has 1 aromatic rings. The standard InChI is InChI=1S/C10H12FIN2O/c1-6(5-13)14-10(15)8-4-7(11)2-3-9(8)12/h2-4,6H,5,13H2,1H3,(H,14,15)/t6-/m1/s1. The van der Waals surface area contributed by atoms with Crippen LogP contribution < -0.4 is 11.1 Å². The van der Waals surface area contributed by atoms with Gasteiger partial charge in [-0.05, 0) is 47.7 Å². The molecule has 0 heterocycles. The predicted molar refractivity (Wildman–Crippen MR) is 65.1 cm³/mol. The molecule has 0 bridgehead atoms. The van der Waals surface area contributed by atoms with Gasteiger partial charge in [-0.15, -0.1) is 0 Å². The van der Waals surface area contributed by atoms with Crippen LogP contribution in [-0.2, 0) is 0 Å². The number of halogens is 2. The van der Waals surface area contributed by atoms with Crippen molar-refractivity contribution in [3.8, 4) is 0 Å². The molecule has 0 spiro atoms. The number of amides is 1. The summed E-state index contributed by atoms with van der Waals surface area (Å²) in [7, 11) is 0. The number of carbonyl (C=O) groups is 1. The lowest BCUT2D eigenvalue weighted by Gasteiger charge is -2.12. The molecule has 1 rings (SSSR count). The van der Waals surface area contributed by atoms with Gasteiger partial charge in [-0.25, -0.2) is 4.39 Å². The van der Waals surface area contributed by atoms with Crippen LogP contribution in [0, 0.1) is 9.39 Å². The van der Waals surface area contributed by atoms with Crippen molar-refractivity contribution in [2.75, 3.05) is 6.54 Å². The Balaban J connectivity index is 2.86. The van der Waals surface area contributed by atoms with E-state index in [1.165, 1.54) is 12.1 Å². The lowest BCUT2D eigenvalue weighted by atomic mass is 10.2. The summed E-state index contributed by atoms with van der Waals surface area (Å²) in [6.07, 6.45) is 0. The van der Waals surface area contributed by atoms with Crippen molar-refractivity contribution >= 4 is 28.5 Å². The Kier molecular flexibility index (Phi) is 4.46. The second kappa shape index (κ2) is 5.41. The fraction of sp³-hybridized carbons (Fsp3) is 0.300. The first-order valence-electron chi connectivity index (χ1n) is 4.50. The van der Waals surface area contributed by atoms with Gasteiger partial charge in [0.2, 0.25) is 0 Å². The van der Waals surface area contributed by atoms with Crippen LogP contribution in [0.5, 0.6) is 0 Å². The molecule has 0 aliphatic carbocycles. The average molecular weight is 322 g/mol. The molecule has 0 aliphatic rings. The van der Waals surface area contributed by atoms with Gasteiger partial charge in [0.15, 0.2) is 0 Å². The van der Waals surface area contributed by atoms with E-state index < -0.39 is 5.82 Å². The maximum atomic E-state index is 12.9. The summed E-state index contributed by atoms with van der Waals surface area (Å²) in [4.78, 5) is 11.6. The Morgan fingerprint density at radius 2 is 2.33 bits per heavy atom. The second-order valence-corrected chi connectivity index (χ2v) is 4.40. The number of hydrogen-bond donors (Lipinski definition) is 2. The van der Waals surface area contributed by atoms with Gasteiger partial charge in [-0.3, -0.25) is 4.79 Å². The van der Waals surface area contributed by atoms with Crippen LogP contribution in [-0.4, -0.2) is 18.5 Å². The van der Waals surface area contributed by atoms with Gasteiger partial charge < -0.3 is 11.1 Å². The van der Waals surface area contributed by atoms with Crippen LogP contribution in [0.2, 0.25) is 0 Å². The van der Waals surface area contributed by atoms with Crippen molar-refractivity contribution in [3.05, 3.63) is 33.1 Å². The van der Waals surface area contributed by atoms with Crippen molar-refractivity contribution in [2.45, 2.75) is 13.0 Å². The highest BCUT2D eigenvalue weighted by atomic mass is 127. The molecule has 0 saturated heterocycles. The normalized spacial score (nSPS) is 12.3. The Morgan fingerprint density at radius 1 is 1.67 bits per heavy atom. The van der Waals surface area contributed by atoms with Crippen LogP contribution in [0.3, 0.4) is 0 Å². The van der Waals surface area contributed by atoms with E-state index in [9.17, 15) is 9.18 Å². The van der Waals surface area contributed by atoms with Gasteiger partial charge in [-0.2, -0.15) is 0 Å². The lowest BCUT2D eigenvalue weighted by Crippen LogP contribution is -2.38. The minimum absolute atomic E-state index is 0.114. The van der Waals surface area contributed by atoms with Gasteiger partial charge in [0.25, 0.3) is 5.91 Å². The molecule has 0 saturated carbocycles. The van der Waals surface area contributed by atoms with Gasteiger partial charge >= 0.3 is 0 Å². The number of nitrogens with two attached hydrogens (primary N) is 1. The first-order chi connectivity index (χ1) is 7.04. The molecule has 0 aromatic heterocycles. The van der Waals surface area contributed by atoms with E-state index in [1.54, 1.807) is 13.0 Å². The van der Waals surface area contributed by atoms with Gasteiger partial charge in [-0.1, -0.05) is 0 Å². The van der Waals surface area contributed by atoms with Crippen molar-refractivity contribution in [1.29, 1.82) is 0 Å². The molecule has 15 heavy (non-hydrogen) atoms. The molecule has 0 fully saturated rings. The van der Waals surface area contributed by atoms with Gasteiger partial charge in [0, 0.05) is 16.2 Å². The van der Waals surface area contributed by atoms with E-state index in [0.29, 0.717) is 12.1 Å². The van der Waals surface area contributed by atoms with E-state index in [4.69, 9.17) is 5.73 Å². The van der Waals surface area contributed by atoms with E-state index in [0.717, 1.165) is 3.57 Å². The van der Waals surface area contributed by atoms with E-state index in [-0.39, 0.29) is 11.9 Å². The summed E-state index contributed by atoms with van der Waals surface area (Å²) < 4.78 is 13.6. The number of carbonyl (C=O) groups excluding carboxylic acids is 1. The number of nitrogens with one attached hydrogen (secondary N) is 1. The highest BCUT2D eigenvalue weighted by Crippen LogP contribution is 2.13. The monoisotopic (exact) mass is 322 g/mol. The summed E-state index contributed by atoms with van der Waals surface area (Å²) in [6.45, 7) is 2.15. The predicted octanol–water partition coefficient (Wildman–Crippen LogP) is 1.51. The molecule has 0 aliphatic heterocycles. The van der Waals surface area contributed by atoms with Crippen LogP contribution in [0.15, 0.2) is 18.2 Å². The fourth-order valence-corrected chi connectivity index (χ4v) is 1.61. The third kappa shape index (κ3) is 3.42. The summed E-state index contributed by atoms with van der Waals surface area (Å²) in [6, 6.07) is 4.00. The summed E-state index contributed by atoms with van der Waals surface area (Å²) in [5.41, 5.74) is 5.72. The molecule has 3 N–H and O–H groups in total. The summed E-state index contributed by atoms with van der Waals surface area (Å²) in [5.74, 6) is -0.710. The van der Waals surface area contributed by atoms with Crippen molar-refractivity contribution in [3.63, 3.8) is 0 Å². The topological polar surface area (TPSA) is 55.1 Å². The molecule has 1 atom stereocenters. The minimum Gasteiger partial charge on any atom is -0.348 e. The Morgan fingerprint density at radius 3 is 2.93 bits per heavy atom. The maximum Gasteiger partial charge on any atom is 0.252 e. The smallest absolute Gasteiger partial charge is 0.252 e. The first-order valence-corrected chi connectivity index (χ1v) is 5.58. The highest BCUT2D eigenvalue weighted by molar-refractivity contribution is 14.1. The van der Waals surface area contributed by atoms with E-state index >= 15 is 0 Å². The zero-order valence-corrected chi connectivity index (χ0v) is 10.4. The minimum atomic E-state index is -0.416. The number of benzene rings is 1. The van der Waals surface area contributed by atoms with Crippen LogP contribution >= 0.6 is 22.6 Å². The molecule has 1 aromatic carbocycles. The number of hydrogen-bond acceptors (Lipinski definition) is 2. The zero-order chi connectivity index (χ0) is 11.4. The van der Waals surface area contributed by atoms with Gasteiger partial charge in [0.1, 0.15) is 5.82 Å². The molecule has 1 amide bonds. The van der Waals surface area contributed by atoms with Crippen LogP contribution in [0.25, 0.3) is 0 Å². The molecule has 3 nitrogen and oxygen atoms in total. The van der Waals surface area contributed by atoms with Crippen molar-refractivity contribution in [2.24, 2.45) is 5.73 Å². The lowest BCUT2D eigenvalue weighted by molar-refractivity contribution is 0.0940. The molecular formula is C10H12FIN2O. The Bertz CT molecular complexity index is 370. The van der Waals surface area contributed by atoms with Crippen molar-refractivity contribution in [1.82, 2.24) is 5.32 Å². The quantitative estimate of drug-likeness (QED) is 0.829. The average Bonchev–Trinajstić information content (AvgIpc) is 2.21. The van der Waals surface area contributed by atoms with Gasteiger partial charge in [0.05, 0.1) is 5.56 Å². The molecule has 0 unspecified atom stereocenters. The SMILES string of the molecule is C[C@H](CN)NC(=O)c1cc(F)ccc1I. The van der Waals surface area contributed by atoms with Crippen LogP contribution in [0.4, 0.5) is 4.39 Å². The van der Waals surface area contributed by atoms with Crippen molar-refractivity contribution < 1.29 is 9.18 Å². The van der Waals surface area contributed by atoms with Crippen LogP contribution in [0.1, 0.15) is 17.3 Å². The molecule has 5 heteroatoms. The molecular weight excluding hydrogens is 310 g/mol. The fourth-order valence-electron chi connectivity index (χ4n) is 1.03. The largest absolute Gasteiger partial charge is 0.348 e. The van der Waals surface area contributed by atoms with E-state index in [1.807, 2.05) is 22.6 Å². The summed E-state index contributed by atoms with van der Waals surface area (Å²) in [5, 5.41) is 2.68. The second-order valence-electron chi connectivity index (χ2n) is 3.23.